The van der Waals surface area contributed by atoms with Gasteiger partial charge in [0, 0.05) is 75.0 Å². The number of ether oxygens (including phenoxy) is 1. The third kappa shape index (κ3) is 7.72. The Morgan fingerprint density at radius 3 is 2.61 bits per heavy atom. The standard InChI is InChI=1S/C33H38FN7O4S/c1-2-35-33(44)41(15-16-42)24-10-13-40(14-11-24)20-21-3-7-26(37-19-21)30-18-27-31(46-30)29(9-12-36-27)45-28-8-6-23(17-25(28)34)39-32(43)38-22-4-5-22/h3,6-9,12,17-19,22,24,42H,2,4-5,10-11,13-16,20H2,1H3,(H,35,44)(H2,38,39,43). The minimum atomic E-state index is -0.586. The molecule has 4 aromatic rings. The number of carbonyl (C=O) groups is 2. The van der Waals surface area contributed by atoms with Crippen molar-refractivity contribution in [3.05, 3.63) is 66.2 Å². The molecule has 46 heavy (non-hydrogen) atoms. The van der Waals surface area contributed by atoms with E-state index in [0.29, 0.717) is 24.5 Å². The predicted octanol–water partition coefficient (Wildman–Crippen LogP) is 5.56. The highest BCUT2D eigenvalue weighted by Gasteiger charge is 2.27. The second-order valence-electron chi connectivity index (χ2n) is 11.6. The molecule has 0 unspecified atom stereocenters. The van der Waals surface area contributed by atoms with E-state index < -0.39 is 5.82 Å². The van der Waals surface area contributed by atoms with Crippen LogP contribution >= 0.6 is 11.3 Å². The molecule has 1 saturated carbocycles. The molecule has 4 heterocycles. The molecule has 2 aliphatic rings. The fourth-order valence-electron chi connectivity index (χ4n) is 5.60. The van der Waals surface area contributed by atoms with Gasteiger partial charge in [-0.1, -0.05) is 6.07 Å². The van der Waals surface area contributed by atoms with Crippen molar-refractivity contribution in [1.29, 1.82) is 0 Å². The smallest absolute Gasteiger partial charge is 0.319 e. The molecule has 13 heteroatoms. The van der Waals surface area contributed by atoms with E-state index in [9.17, 15) is 19.1 Å². The quantitative estimate of drug-likeness (QED) is 0.168. The normalized spacial score (nSPS) is 15.5. The van der Waals surface area contributed by atoms with Crippen LogP contribution in [0.5, 0.6) is 11.5 Å². The van der Waals surface area contributed by atoms with Gasteiger partial charge in [-0.2, -0.15) is 0 Å². The van der Waals surface area contributed by atoms with Gasteiger partial charge in [0.05, 0.1) is 27.4 Å². The third-order valence-corrected chi connectivity index (χ3v) is 9.27. The van der Waals surface area contributed by atoms with Crippen LogP contribution in [0.2, 0.25) is 0 Å². The van der Waals surface area contributed by atoms with E-state index in [1.54, 1.807) is 23.2 Å². The number of rotatable bonds is 11. The van der Waals surface area contributed by atoms with Crippen LogP contribution in [0.1, 0.15) is 38.2 Å². The summed E-state index contributed by atoms with van der Waals surface area (Å²) in [5.74, 6) is -0.0542. The number of hydrogen-bond acceptors (Lipinski definition) is 8. The van der Waals surface area contributed by atoms with Crippen LogP contribution in [-0.2, 0) is 6.54 Å². The van der Waals surface area contributed by atoms with Crippen molar-refractivity contribution in [3.8, 4) is 22.1 Å². The first-order valence-electron chi connectivity index (χ1n) is 15.7. The maximum atomic E-state index is 14.9. The van der Waals surface area contributed by atoms with Crippen LogP contribution in [0, 0.1) is 5.82 Å². The van der Waals surface area contributed by atoms with Gasteiger partial charge in [-0.15, -0.1) is 11.3 Å². The maximum absolute atomic E-state index is 14.9. The summed E-state index contributed by atoms with van der Waals surface area (Å²) in [6, 6.07) is 11.9. The summed E-state index contributed by atoms with van der Waals surface area (Å²) in [5, 5.41) is 17.8. The zero-order valence-electron chi connectivity index (χ0n) is 25.7. The Morgan fingerprint density at radius 2 is 1.91 bits per heavy atom. The lowest BCUT2D eigenvalue weighted by molar-refractivity contribution is 0.104. The van der Waals surface area contributed by atoms with Crippen molar-refractivity contribution in [1.82, 2.24) is 30.4 Å². The van der Waals surface area contributed by atoms with E-state index in [0.717, 1.165) is 71.7 Å². The summed E-state index contributed by atoms with van der Waals surface area (Å²) in [7, 11) is 0. The number of likely N-dealkylation sites (tertiary alicyclic amines) is 1. The number of fused-ring (bicyclic) bond motifs is 1. The van der Waals surface area contributed by atoms with Gasteiger partial charge in [0.2, 0.25) is 0 Å². The summed E-state index contributed by atoms with van der Waals surface area (Å²) in [6.45, 7) is 5.22. The highest BCUT2D eigenvalue weighted by molar-refractivity contribution is 7.22. The molecule has 242 valence electrons. The topological polar surface area (TPSA) is 132 Å². The van der Waals surface area contributed by atoms with Crippen molar-refractivity contribution in [2.75, 3.05) is 38.1 Å². The molecule has 0 bridgehead atoms. The van der Waals surface area contributed by atoms with E-state index in [1.165, 1.54) is 23.5 Å². The Hall–Kier alpha value is -4.33. The molecule has 2 fully saturated rings. The Labute approximate surface area is 270 Å². The van der Waals surface area contributed by atoms with Gasteiger partial charge in [-0.05, 0) is 62.4 Å². The molecule has 0 spiro atoms. The van der Waals surface area contributed by atoms with Crippen LogP contribution in [0.4, 0.5) is 19.7 Å². The SMILES string of the molecule is CCNC(=O)N(CCO)C1CCN(Cc2ccc(-c3cc4nccc(Oc5ccc(NC(=O)NC6CC6)cc5F)c4s3)nc2)CC1. The van der Waals surface area contributed by atoms with Crippen molar-refractivity contribution in [2.45, 2.75) is 51.2 Å². The molecule has 1 saturated heterocycles. The fraction of sp³-hybridized carbons (Fsp3) is 0.394. The van der Waals surface area contributed by atoms with Gasteiger partial charge >= 0.3 is 12.1 Å². The molecule has 1 aliphatic carbocycles. The van der Waals surface area contributed by atoms with Gasteiger partial charge < -0.3 is 30.7 Å². The number of aromatic nitrogens is 2. The highest BCUT2D eigenvalue weighted by atomic mass is 32.1. The number of carbonyl (C=O) groups excluding carboxylic acids is 2. The van der Waals surface area contributed by atoms with E-state index in [-0.39, 0.29) is 36.5 Å². The van der Waals surface area contributed by atoms with Crippen LogP contribution in [0.25, 0.3) is 20.8 Å². The fourth-order valence-corrected chi connectivity index (χ4v) is 6.65. The summed E-state index contributed by atoms with van der Waals surface area (Å²) >= 11 is 1.48. The number of halogens is 1. The number of nitrogens with zero attached hydrogens (tertiary/aromatic N) is 4. The number of anilines is 1. The number of urea groups is 2. The number of aliphatic hydroxyl groups excluding tert-OH is 1. The number of piperidine rings is 1. The molecule has 1 aliphatic heterocycles. The first kappa shape index (κ1) is 31.6. The van der Waals surface area contributed by atoms with Crippen LogP contribution in [0.3, 0.4) is 0 Å². The van der Waals surface area contributed by atoms with Gasteiger partial charge in [-0.25, -0.2) is 14.0 Å². The number of aliphatic hydroxyl groups is 1. The zero-order valence-corrected chi connectivity index (χ0v) is 26.5. The molecular weight excluding hydrogens is 609 g/mol. The van der Waals surface area contributed by atoms with Crippen molar-refractivity contribution >= 4 is 39.3 Å². The monoisotopic (exact) mass is 647 g/mol. The summed E-state index contributed by atoms with van der Waals surface area (Å²) in [4.78, 5) is 38.7. The van der Waals surface area contributed by atoms with Gasteiger partial charge in [0.15, 0.2) is 11.6 Å². The van der Waals surface area contributed by atoms with Crippen LogP contribution in [0.15, 0.2) is 54.9 Å². The van der Waals surface area contributed by atoms with E-state index in [1.807, 2.05) is 25.3 Å². The Bertz CT molecular complexity index is 1670. The highest BCUT2D eigenvalue weighted by Crippen LogP contribution is 2.39. The molecule has 4 N–H and O–H groups in total. The minimum Gasteiger partial charge on any atom is -0.453 e. The van der Waals surface area contributed by atoms with Gasteiger partial charge in [0.25, 0.3) is 0 Å². The Morgan fingerprint density at radius 1 is 1.09 bits per heavy atom. The average Bonchev–Trinajstić information content (AvgIpc) is 3.75. The molecular formula is C33H38FN7O4S. The summed E-state index contributed by atoms with van der Waals surface area (Å²) in [6.07, 6.45) is 7.16. The molecule has 0 radical (unpaired) electrons. The molecule has 6 rings (SSSR count). The number of amides is 4. The largest absolute Gasteiger partial charge is 0.453 e. The number of pyridine rings is 2. The second-order valence-corrected chi connectivity index (χ2v) is 12.6. The molecule has 0 atom stereocenters. The van der Waals surface area contributed by atoms with Crippen LogP contribution < -0.4 is 20.7 Å². The van der Waals surface area contributed by atoms with E-state index >= 15 is 0 Å². The van der Waals surface area contributed by atoms with Gasteiger partial charge in [-0.3, -0.25) is 14.9 Å². The third-order valence-electron chi connectivity index (χ3n) is 8.11. The number of thiophene rings is 1. The minimum absolute atomic E-state index is 0.0486. The second kappa shape index (κ2) is 14.4. The Balaban J connectivity index is 1.07. The number of nitrogens with one attached hydrogen (secondary N) is 3. The van der Waals surface area contributed by atoms with E-state index in [4.69, 9.17) is 9.72 Å². The zero-order chi connectivity index (χ0) is 32.0. The summed E-state index contributed by atoms with van der Waals surface area (Å²) in [5.41, 5.74) is 2.98. The Kier molecular flexibility index (Phi) is 9.91. The van der Waals surface area contributed by atoms with Crippen molar-refractivity contribution in [3.63, 3.8) is 0 Å². The molecule has 11 nitrogen and oxygen atoms in total. The van der Waals surface area contributed by atoms with Crippen molar-refractivity contribution in [2.24, 2.45) is 0 Å². The van der Waals surface area contributed by atoms with Crippen molar-refractivity contribution < 1.29 is 23.8 Å². The van der Waals surface area contributed by atoms with Crippen LogP contribution in [-0.4, -0.2) is 81.8 Å². The number of hydrogen-bond donors (Lipinski definition) is 4. The average molecular weight is 648 g/mol. The molecule has 1 aromatic carbocycles. The molecule has 4 amide bonds. The predicted molar refractivity (Wildman–Crippen MR) is 176 cm³/mol. The lowest BCUT2D eigenvalue weighted by atomic mass is 10.0. The maximum Gasteiger partial charge on any atom is 0.319 e. The lowest BCUT2D eigenvalue weighted by Crippen LogP contribution is -2.51. The van der Waals surface area contributed by atoms with Gasteiger partial charge in [0.1, 0.15) is 5.75 Å². The lowest BCUT2D eigenvalue weighted by Gasteiger charge is -2.38. The first-order valence-corrected chi connectivity index (χ1v) is 16.5. The van der Waals surface area contributed by atoms with E-state index in [2.05, 4.69) is 31.9 Å². The number of benzene rings is 1. The molecule has 3 aromatic heterocycles. The summed E-state index contributed by atoms with van der Waals surface area (Å²) < 4.78 is 21.7. The first-order chi connectivity index (χ1) is 22.4.